The van der Waals surface area contributed by atoms with Crippen molar-refractivity contribution in [1.29, 1.82) is 0 Å². The van der Waals surface area contributed by atoms with Gasteiger partial charge in [-0.3, -0.25) is 5.32 Å². The van der Waals surface area contributed by atoms with Gasteiger partial charge in [0.2, 0.25) is 0 Å². The number of carbonyl (C=O) groups is 1. The molecule has 2 rings (SSSR count). The number of carbonyl (C=O) groups excluding carboxylic acids is 1. The normalized spacial score (nSPS) is 14.5. The third-order valence-corrected chi connectivity index (χ3v) is 5.36. The van der Waals surface area contributed by atoms with Gasteiger partial charge in [0.1, 0.15) is 5.75 Å². The summed E-state index contributed by atoms with van der Waals surface area (Å²) in [6.07, 6.45) is 0.0145. The SMILES string of the molecule is CC[C@](O)(c1cccc(OC(=O)Nc2ccc(C(C)C)cc2)c1)[C@@H](C)CN(C)C. The average molecular weight is 399 g/mol. The van der Waals surface area contributed by atoms with E-state index in [1.165, 1.54) is 5.56 Å². The van der Waals surface area contributed by atoms with Crippen LogP contribution in [-0.2, 0) is 5.60 Å². The third-order valence-electron chi connectivity index (χ3n) is 5.36. The van der Waals surface area contributed by atoms with Crippen molar-refractivity contribution < 1.29 is 14.6 Å². The summed E-state index contributed by atoms with van der Waals surface area (Å²) < 4.78 is 5.47. The predicted molar refractivity (Wildman–Crippen MR) is 119 cm³/mol. The van der Waals surface area contributed by atoms with Crippen LogP contribution in [0.2, 0.25) is 0 Å². The van der Waals surface area contributed by atoms with E-state index in [9.17, 15) is 9.90 Å². The first-order chi connectivity index (χ1) is 13.7. The van der Waals surface area contributed by atoms with Crippen LogP contribution in [0, 0.1) is 5.92 Å². The van der Waals surface area contributed by atoms with Gasteiger partial charge in [0.15, 0.2) is 0 Å². The Kier molecular flexibility index (Phi) is 7.82. The molecule has 2 aromatic rings. The Balaban J connectivity index is 2.11. The molecule has 0 saturated carbocycles. The van der Waals surface area contributed by atoms with Crippen LogP contribution in [0.4, 0.5) is 10.5 Å². The summed E-state index contributed by atoms with van der Waals surface area (Å²) in [5, 5.41) is 14.0. The second kappa shape index (κ2) is 9.90. The number of anilines is 1. The molecule has 158 valence electrons. The largest absolute Gasteiger partial charge is 0.417 e. The zero-order chi connectivity index (χ0) is 21.6. The number of aliphatic hydroxyl groups is 1. The molecule has 0 spiro atoms. The van der Waals surface area contributed by atoms with E-state index in [0.717, 1.165) is 12.1 Å². The molecule has 2 atom stereocenters. The van der Waals surface area contributed by atoms with Crippen LogP contribution in [0.15, 0.2) is 48.5 Å². The molecule has 0 unspecified atom stereocenters. The van der Waals surface area contributed by atoms with Gasteiger partial charge >= 0.3 is 6.09 Å². The molecule has 5 nitrogen and oxygen atoms in total. The molecule has 0 aliphatic rings. The fourth-order valence-corrected chi connectivity index (χ4v) is 3.57. The number of ether oxygens (including phenoxy) is 1. The predicted octanol–water partition coefficient (Wildman–Crippen LogP) is 5.22. The van der Waals surface area contributed by atoms with E-state index in [4.69, 9.17) is 4.74 Å². The van der Waals surface area contributed by atoms with Crippen molar-refractivity contribution in [3.05, 3.63) is 59.7 Å². The molecule has 2 aromatic carbocycles. The Morgan fingerprint density at radius 3 is 2.34 bits per heavy atom. The highest BCUT2D eigenvalue weighted by atomic mass is 16.6. The fourth-order valence-electron chi connectivity index (χ4n) is 3.57. The van der Waals surface area contributed by atoms with Gasteiger partial charge in [0.25, 0.3) is 0 Å². The standard InChI is InChI=1S/C24H34N2O3/c1-7-24(28,18(4)16-26(5)6)20-9-8-10-22(15-20)29-23(27)25-21-13-11-19(12-14-21)17(2)3/h8-15,17-18,28H,7,16H2,1-6H3,(H,25,27)/t18-,24+/m0/s1. The number of amides is 1. The summed E-state index contributed by atoms with van der Waals surface area (Å²) in [7, 11) is 3.98. The van der Waals surface area contributed by atoms with Crippen LogP contribution in [0.5, 0.6) is 5.75 Å². The van der Waals surface area contributed by atoms with Crippen LogP contribution in [0.3, 0.4) is 0 Å². The first-order valence-electron chi connectivity index (χ1n) is 10.2. The van der Waals surface area contributed by atoms with E-state index >= 15 is 0 Å². The Hall–Kier alpha value is -2.37. The van der Waals surface area contributed by atoms with Gasteiger partial charge in [-0.15, -0.1) is 0 Å². The van der Waals surface area contributed by atoms with Gasteiger partial charge in [-0.2, -0.15) is 0 Å². The number of hydrogen-bond acceptors (Lipinski definition) is 4. The molecular weight excluding hydrogens is 364 g/mol. The lowest BCUT2D eigenvalue weighted by Gasteiger charge is -2.35. The van der Waals surface area contributed by atoms with E-state index in [1.54, 1.807) is 18.2 Å². The highest BCUT2D eigenvalue weighted by Crippen LogP contribution is 2.35. The average Bonchev–Trinajstić information content (AvgIpc) is 2.67. The Bertz CT molecular complexity index is 802. The van der Waals surface area contributed by atoms with Gasteiger partial charge in [-0.05, 0) is 61.8 Å². The van der Waals surface area contributed by atoms with Gasteiger partial charge in [0.05, 0.1) is 5.60 Å². The molecule has 0 radical (unpaired) electrons. The summed E-state index contributed by atoms with van der Waals surface area (Å²) >= 11 is 0. The van der Waals surface area contributed by atoms with Crippen molar-refractivity contribution in [1.82, 2.24) is 4.90 Å². The van der Waals surface area contributed by atoms with Crippen molar-refractivity contribution in [3.8, 4) is 5.75 Å². The van der Waals surface area contributed by atoms with Crippen molar-refractivity contribution in [2.75, 3.05) is 26.0 Å². The Morgan fingerprint density at radius 2 is 1.79 bits per heavy atom. The van der Waals surface area contributed by atoms with E-state index < -0.39 is 11.7 Å². The molecule has 1 amide bonds. The maximum absolute atomic E-state index is 12.3. The molecule has 0 heterocycles. The number of nitrogens with one attached hydrogen (secondary N) is 1. The first-order valence-corrected chi connectivity index (χ1v) is 10.2. The minimum Gasteiger partial charge on any atom is -0.410 e. The minimum absolute atomic E-state index is 0.0195. The van der Waals surface area contributed by atoms with Crippen LogP contribution >= 0.6 is 0 Å². The number of nitrogens with zero attached hydrogens (tertiary/aromatic N) is 1. The third kappa shape index (κ3) is 6.05. The van der Waals surface area contributed by atoms with Crippen LogP contribution in [0.25, 0.3) is 0 Å². The molecule has 5 heteroatoms. The summed E-state index contributed by atoms with van der Waals surface area (Å²) in [4.78, 5) is 14.4. The number of benzene rings is 2. The van der Waals surface area contributed by atoms with Crippen molar-refractivity contribution in [2.45, 2.75) is 45.6 Å². The monoisotopic (exact) mass is 398 g/mol. The molecule has 0 fully saturated rings. The maximum Gasteiger partial charge on any atom is 0.417 e. The Morgan fingerprint density at radius 1 is 1.14 bits per heavy atom. The van der Waals surface area contributed by atoms with Crippen LogP contribution in [0.1, 0.15) is 51.2 Å². The second-order valence-corrected chi connectivity index (χ2v) is 8.26. The molecule has 29 heavy (non-hydrogen) atoms. The topological polar surface area (TPSA) is 61.8 Å². The molecular formula is C24H34N2O3. The van der Waals surface area contributed by atoms with E-state index in [0.29, 0.717) is 23.8 Å². The van der Waals surface area contributed by atoms with Gasteiger partial charge in [0, 0.05) is 18.2 Å². The van der Waals surface area contributed by atoms with Crippen molar-refractivity contribution >= 4 is 11.8 Å². The zero-order valence-corrected chi connectivity index (χ0v) is 18.4. The van der Waals surface area contributed by atoms with Crippen molar-refractivity contribution in [2.24, 2.45) is 5.92 Å². The van der Waals surface area contributed by atoms with Crippen molar-refractivity contribution in [3.63, 3.8) is 0 Å². The van der Waals surface area contributed by atoms with Crippen LogP contribution in [-0.4, -0.2) is 36.7 Å². The first kappa shape index (κ1) is 22.9. The molecule has 0 aliphatic carbocycles. The summed E-state index contributed by atoms with van der Waals surface area (Å²) in [5.74, 6) is 0.861. The van der Waals surface area contributed by atoms with Crippen LogP contribution < -0.4 is 10.1 Å². The fraction of sp³-hybridized carbons (Fsp3) is 0.458. The molecule has 0 saturated heterocycles. The highest BCUT2D eigenvalue weighted by Gasteiger charge is 2.34. The van der Waals surface area contributed by atoms with E-state index in [2.05, 4.69) is 24.1 Å². The lowest BCUT2D eigenvalue weighted by atomic mass is 9.80. The quantitative estimate of drug-likeness (QED) is 0.640. The molecule has 0 bridgehead atoms. The number of hydrogen-bond donors (Lipinski definition) is 2. The summed E-state index contributed by atoms with van der Waals surface area (Å²) in [6.45, 7) is 9.00. The van der Waals surface area contributed by atoms with E-state index in [1.807, 2.05) is 58.3 Å². The highest BCUT2D eigenvalue weighted by molar-refractivity contribution is 5.86. The number of rotatable bonds is 8. The zero-order valence-electron chi connectivity index (χ0n) is 18.4. The Labute approximate surface area is 174 Å². The lowest BCUT2D eigenvalue weighted by Crippen LogP contribution is -2.38. The molecule has 0 aromatic heterocycles. The van der Waals surface area contributed by atoms with Gasteiger partial charge in [-0.1, -0.05) is 52.0 Å². The van der Waals surface area contributed by atoms with Gasteiger partial charge < -0.3 is 14.7 Å². The minimum atomic E-state index is -0.993. The van der Waals surface area contributed by atoms with Gasteiger partial charge in [-0.25, -0.2) is 4.79 Å². The smallest absolute Gasteiger partial charge is 0.410 e. The molecule has 2 N–H and O–H groups in total. The summed E-state index contributed by atoms with van der Waals surface area (Å²) in [5.41, 5.74) is 1.65. The summed E-state index contributed by atoms with van der Waals surface area (Å²) in [6, 6.07) is 14.9. The second-order valence-electron chi connectivity index (χ2n) is 8.26. The van der Waals surface area contributed by atoms with E-state index in [-0.39, 0.29) is 5.92 Å². The molecule has 0 aliphatic heterocycles. The maximum atomic E-state index is 12.3. The lowest BCUT2D eigenvalue weighted by molar-refractivity contribution is -0.0293.